The molecule has 1 N–H and O–H groups in total. The lowest BCUT2D eigenvalue weighted by molar-refractivity contribution is -0.115. The highest BCUT2D eigenvalue weighted by Crippen LogP contribution is 2.38. The zero-order valence-electron chi connectivity index (χ0n) is 16.4. The fourth-order valence-corrected chi connectivity index (χ4v) is 4.31. The van der Waals surface area contributed by atoms with Crippen LogP contribution in [0.5, 0.6) is 11.5 Å². The third-order valence-electron chi connectivity index (χ3n) is 4.47. The average molecular weight is 439 g/mol. The molecule has 0 radical (unpaired) electrons. The summed E-state index contributed by atoms with van der Waals surface area (Å²) in [5.41, 5.74) is 1.55. The molecule has 5 nitrogen and oxygen atoms in total. The fraction of sp³-hybridized carbons (Fsp3) is 0.130. The number of carbonyl (C=O) groups is 1. The van der Waals surface area contributed by atoms with Crippen molar-refractivity contribution in [2.45, 2.75) is 6.92 Å². The third-order valence-corrected chi connectivity index (χ3v) is 5.66. The fourth-order valence-electron chi connectivity index (χ4n) is 3.18. The minimum absolute atomic E-state index is 0.205. The number of methoxy groups -OCH3 is 1. The second-order valence-corrected chi connectivity index (χ2v) is 7.88. The molecule has 0 atom stereocenters. The van der Waals surface area contributed by atoms with E-state index < -0.39 is 0 Å². The zero-order chi connectivity index (χ0) is 21.1. The lowest BCUT2D eigenvalue weighted by Crippen LogP contribution is -2.19. The van der Waals surface area contributed by atoms with Crippen LogP contribution in [0.2, 0.25) is 5.02 Å². The molecule has 4 rings (SSSR count). The summed E-state index contributed by atoms with van der Waals surface area (Å²) in [4.78, 5) is 17.7. The van der Waals surface area contributed by atoms with Gasteiger partial charge < -0.3 is 14.8 Å². The van der Waals surface area contributed by atoms with E-state index >= 15 is 0 Å². The number of nitrogens with one attached hydrogen (secondary N) is 1. The Morgan fingerprint density at radius 1 is 1.17 bits per heavy atom. The van der Waals surface area contributed by atoms with Crippen LogP contribution in [0.15, 0.2) is 64.5 Å². The summed E-state index contributed by atoms with van der Waals surface area (Å²) in [6, 6.07) is 17.5. The van der Waals surface area contributed by atoms with Crippen LogP contribution in [0.4, 0.5) is 5.69 Å². The Balaban J connectivity index is 1.65. The van der Waals surface area contributed by atoms with Gasteiger partial charge in [-0.15, -0.1) is 0 Å². The molecule has 1 saturated heterocycles. The van der Waals surface area contributed by atoms with E-state index in [4.69, 9.17) is 21.1 Å². The zero-order valence-corrected chi connectivity index (χ0v) is 18.0. The van der Waals surface area contributed by atoms with Gasteiger partial charge in [0.2, 0.25) is 0 Å². The summed E-state index contributed by atoms with van der Waals surface area (Å²) in [7, 11) is 1.54. The minimum atomic E-state index is -0.205. The maximum Gasteiger partial charge on any atom is 0.264 e. The molecule has 0 bridgehead atoms. The van der Waals surface area contributed by atoms with Gasteiger partial charge in [0.1, 0.15) is 0 Å². The number of benzene rings is 3. The Bertz CT molecular complexity index is 1190. The van der Waals surface area contributed by atoms with Crippen molar-refractivity contribution in [1.82, 2.24) is 5.32 Å². The smallest absolute Gasteiger partial charge is 0.264 e. The molecule has 0 spiro atoms. The number of aliphatic imine (C=N–C) groups is 1. The van der Waals surface area contributed by atoms with Crippen molar-refractivity contribution in [2.24, 2.45) is 4.99 Å². The molecule has 1 amide bonds. The summed E-state index contributed by atoms with van der Waals surface area (Å²) in [5.74, 6) is 0.804. The average Bonchev–Trinajstić information content (AvgIpc) is 3.07. The summed E-state index contributed by atoms with van der Waals surface area (Å²) in [6.07, 6.45) is 1.76. The first kappa shape index (κ1) is 20.3. The number of halogens is 1. The van der Waals surface area contributed by atoms with Crippen molar-refractivity contribution in [3.63, 3.8) is 0 Å². The van der Waals surface area contributed by atoms with Gasteiger partial charge in [0, 0.05) is 5.39 Å². The number of fused-ring (bicyclic) bond motifs is 1. The molecule has 0 saturated carbocycles. The molecule has 30 heavy (non-hydrogen) atoms. The maximum atomic E-state index is 12.5. The Morgan fingerprint density at radius 2 is 1.97 bits per heavy atom. The van der Waals surface area contributed by atoms with E-state index in [1.807, 2.05) is 49.4 Å². The summed E-state index contributed by atoms with van der Waals surface area (Å²) < 4.78 is 10.9. The molecule has 1 aliphatic heterocycles. The standard InChI is InChI=1S/C23H19ClN2O3S/c1-3-29-19-12-14(11-17(24)21(19)28-2)13-20-22(27)26-23(30-20)25-18-10-6-8-15-7-4-5-9-16(15)18/h4-13H,3H2,1-2H3,(H,25,26,27). The molecule has 3 aromatic carbocycles. The van der Waals surface area contributed by atoms with Crippen LogP contribution in [0.25, 0.3) is 16.8 Å². The summed E-state index contributed by atoms with van der Waals surface area (Å²) >= 11 is 7.61. The van der Waals surface area contributed by atoms with Gasteiger partial charge >= 0.3 is 0 Å². The second kappa shape index (κ2) is 8.81. The Morgan fingerprint density at radius 3 is 2.77 bits per heavy atom. The number of hydrogen-bond acceptors (Lipinski definition) is 5. The van der Waals surface area contributed by atoms with Crippen LogP contribution in [0, 0.1) is 0 Å². The quantitative estimate of drug-likeness (QED) is 0.512. The van der Waals surface area contributed by atoms with E-state index in [0.29, 0.717) is 33.2 Å². The normalized spacial score (nSPS) is 16.3. The van der Waals surface area contributed by atoms with Gasteiger partial charge in [-0.1, -0.05) is 48.0 Å². The van der Waals surface area contributed by atoms with Gasteiger partial charge in [-0.05, 0) is 53.9 Å². The van der Waals surface area contributed by atoms with Crippen molar-refractivity contribution < 1.29 is 14.3 Å². The van der Waals surface area contributed by atoms with Gasteiger partial charge in [0.05, 0.1) is 29.3 Å². The molecular weight excluding hydrogens is 420 g/mol. The highest BCUT2D eigenvalue weighted by Gasteiger charge is 2.24. The largest absolute Gasteiger partial charge is 0.491 e. The maximum absolute atomic E-state index is 12.5. The minimum Gasteiger partial charge on any atom is -0.491 e. The van der Waals surface area contributed by atoms with Crippen molar-refractivity contribution in [1.29, 1.82) is 0 Å². The highest BCUT2D eigenvalue weighted by molar-refractivity contribution is 8.18. The number of thioether (sulfide) groups is 1. The van der Waals surface area contributed by atoms with Crippen LogP contribution in [0.3, 0.4) is 0 Å². The topological polar surface area (TPSA) is 59.9 Å². The van der Waals surface area contributed by atoms with Crippen LogP contribution < -0.4 is 14.8 Å². The van der Waals surface area contributed by atoms with Crippen LogP contribution >= 0.6 is 23.4 Å². The molecule has 1 aliphatic rings. The predicted octanol–water partition coefficient (Wildman–Crippen LogP) is 5.79. The molecular formula is C23H19ClN2O3S. The highest BCUT2D eigenvalue weighted by atomic mass is 35.5. The predicted molar refractivity (Wildman–Crippen MR) is 124 cm³/mol. The monoisotopic (exact) mass is 438 g/mol. The van der Waals surface area contributed by atoms with Gasteiger partial charge in [-0.25, -0.2) is 4.99 Å². The van der Waals surface area contributed by atoms with Crippen molar-refractivity contribution in [2.75, 3.05) is 13.7 Å². The number of amides is 1. The molecule has 152 valence electrons. The number of nitrogens with zero attached hydrogens (tertiary/aromatic N) is 1. The molecule has 0 aliphatic carbocycles. The van der Waals surface area contributed by atoms with Gasteiger partial charge in [0.25, 0.3) is 5.91 Å². The third kappa shape index (κ3) is 4.15. The molecule has 1 fully saturated rings. The van der Waals surface area contributed by atoms with E-state index in [1.165, 1.54) is 18.9 Å². The number of ether oxygens (including phenoxy) is 2. The second-order valence-electron chi connectivity index (χ2n) is 6.45. The number of carbonyl (C=O) groups excluding carboxylic acids is 1. The van der Waals surface area contributed by atoms with E-state index in [1.54, 1.807) is 18.2 Å². The first-order valence-electron chi connectivity index (χ1n) is 9.36. The Kier molecular flexibility index (Phi) is 5.97. The summed E-state index contributed by atoms with van der Waals surface area (Å²) in [6.45, 7) is 2.36. The molecule has 7 heteroatoms. The van der Waals surface area contributed by atoms with Gasteiger partial charge in [0.15, 0.2) is 16.7 Å². The number of hydrogen-bond donors (Lipinski definition) is 1. The Hall–Kier alpha value is -2.96. The first-order valence-corrected chi connectivity index (χ1v) is 10.6. The molecule has 1 heterocycles. The molecule has 3 aromatic rings. The van der Waals surface area contributed by atoms with E-state index in [0.717, 1.165) is 22.0 Å². The number of amidine groups is 1. The van der Waals surface area contributed by atoms with Gasteiger partial charge in [-0.3, -0.25) is 4.79 Å². The molecule has 0 unspecified atom stereocenters. The number of rotatable bonds is 5. The van der Waals surface area contributed by atoms with Crippen molar-refractivity contribution in [3.8, 4) is 11.5 Å². The first-order chi connectivity index (χ1) is 14.6. The summed E-state index contributed by atoms with van der Waals surface area (Å²) in [5, 5.41) is 5.91. The van der Waals surface area contributed by atoms with Crippen molar-refractivity contribution >= 4 is 57.0 Å². The SMILES string of the molecule is CCOc1cc(C=C2SC(=Nc3cccc4ccccc34)NC2=O)cc(Cl)c1OC. The van der Waals surface area contributed by atoms with E-state index in [-0.39, 0.29) is 5.91 Å². The van der Waals surface area contributed by atoms with E-state index in [2.05, 4.69) is 10.3 Å². The molecule has 0 aromatic heterocycles. The Labute approximate surface area is 183 Å². The van der Waals surface area contributed by atoms with Crippen molar-refractivity contribution in [3.05, 3.63) is 70.1 Å². The lowest BCUT2D eigenvalue weighted by Gasteiger charge is -2.11. The lowest BCUT2D eigenvalue weighted by atomic mass is 10.1. The van der Waals surface area contributed by atoms with E-state index in [9.17, 15) is 4.79 Å². The van der Waals surface area contributed by atoms with Crippen LogP contribution in [0.1, 0.15) is 12.5 Å². The van der Waals surface area contributed by atoms with Gasteiger partial charge in [-0.2, -0.15) is 0 Å². The van der Waals surface area contributed by atoms with Crippen LogP contribution in [-0.4, -0.2) is 24.8 Å². The van der Waals surface area contributed by atoms with Crippen LogP contribution in [-0.2, 0) is 4.79 Å².